The topological polar surface area (TPSA) is 83.3 Å². The lowest BCUT2D eigenvalue weighted by Crippen LogP contribution is -2.31. The first kappa shape index (κ1) is 19.1. The minimum atomic E-state index is -3.60. The van der Waals surface area contributed by atoms with Gasteiger partial charge < -0.3 is 4.74 Å². The number of ether oxygens (including phenoxy) is 1. The zero-order valence-electron chi connectivity index (χ0n) is 15.6. The van der Waals surface area contributed by atoms with Crippen molar-refractivity contribution in [1.29, 1.82) is 5.26 Å². The quantitative estimate of drug-likeness (QED) is 0.649. The normalized spacial score (nSPS) is 17.0. The Morgan fingerprint density at radius 2 is 1.76 bits per heavy atom. The summed E-state index contributed by atoms with van der Waals surface area (Å²) in [4.78, 5) is 4.36. The smallest absolute Gasteiger partial charge is 0.243 e. The molecule has 1 aliphatic rings. The molecule has 4 rings (SSSR count). The van der Waals surface area contributed by atoms with E-state index in [-0.39, 0.29) is 17.5 Å². The molecule has 2 heterocycles. The zero-order valence-corrected chi connectivity index (χ0v) is 16.4. The Labute approximate surface area is 170 Å². The van der Waals surface area contributed by atoms with Gasteiger partial charge in [0.05, 0.1) is 23.1 Å². The second-order valence-electron chi connectivity index (χ2n) is 6.78. The SMILES string of the molecule is N#Cc1ccnc(OC2CCN(S(=O)(=O)c3ccc(-c4ccccc4)cc3)C2)c1. The van der Waals surface area contributed by atoms with Gasteiger partial charge in [0, 0.05) is 18.8 Å². The van der Waals surface area contributed by atoms with Crippen LogP contribution in [0.15, 0.2) is 77.8 Å². The van der Waals surface area contributed by atoms with Crippen LogP contribution in [0.25, 0.3) is 11.1 Å². The van der Waals surface area contributed by atoms with Gasteiger partial charge in [-0.25, -0.2) is 13.4 Å². The maximum Gasteiger partial charge on any atom is 0.243 e. The summed E-state index contributed by atoms with van der Waals surface area (Å²) in [5.74, 6) is 0.334. The molecular formula is C22H19N3O3S. The molecule has 0 radical (unpaired) electrons. The summed E-state index contributed by atoms with van der Waals surface area (Å²) in [6.07, 6.45) is 1.78. The first-order chi connectivity index (χ1) is 14.1. The van der Waals surface area contributed by atoms with Crippen LogP contribution in [-0.4, -0.2) is 36.9 Å². The summed E-state index contributed by atoms with van der Waals surface area (Å²) < 4.78 is 33.2. The highest BCUT2D eigenvalue weighted by atomic mass is 32.2. The maximum atomic E-state index is 13.0. The molecular weight excluding hydrogens is 386 g/mol. The number of aromatic nitrogens is 1. The van der Waals surface area contributed by atoms with E-state index in [2.05, 4.69) is 4.98 Å². The van der Waals surface area contributed by atoms with E-state index in [1.54, 1.807) is 24.3 Å². The number of nitriles is 1. The van der Waals surface area contributed by atoms with Crippen LogP contribution in [0.3, 0.4) is 0 Å². The number of hydrogen-bond acceptors (Lipinski definition) is 5. The van der Waals surface area contributed by atoms with Crippen LogP contribution in [0.4, 0.5) is 0 Å². The molecule has 0 bridgehead atoms. The van der Waals surface area contributed by atoms with Crippen LogP contribution in [0, 0.1) is 11.3 Å². The second kappa shape index (κ2) is 8.03. The highest BCUT2D eigenvalue weighted by Gasteiger charge is 2.33. The number of pyridine rings is 1. The van der Waals surface area contributed by atoms with Crippen LogP contribution in [0.1, 0.15) is 12.0 Å². The number of nitrogens with zero attached hydrogens (tertiary/aromatic N) is 3. The molecule has 1 atom stereocenters. The lowest BCUT2D eigenvalue weighted by atomic mass is 10.1. The van der Waals surface area contributed by atoms with Gasteiger partial charge in [0.1, 0.15) is 6.10 Å². The molecule has 7 heteroatoms. The van der Waals surface area contributed by atoms with Crippen molar-refractivity contribution in [3.05, 3.63) is 78.5 Å². The van der Waals surface area contributed by atoms with E-state index in [0.29, 0.717) is 24.4 Å². The van der Waals surface area contributed by atoms with Crippen LogP contribution in [-0.2, 0) is 10.0 Å². The van der Waals surface area contributed by atoms with Crippen molar-refractivity contribution in [2.45, 2.75) is 17.4 Å². The Morgan fingerprint density at radius 1 is 1.03 bits per heavy atom. The van der Waals surface area contributed by atoms with Gasteiger partial charge in [-0.15, -0.1) is 0 Å². The monoisotopic (exact) mass is 405 g/mol. The van der Waals surface area contributed by atoms with Crippen molar-refractivity contribution in [3.8, 4) is 23.1 Å². The molecule has 146 valence electrons. The highest BCUT2D eigenvalue weighted by Crippen LogP contribution is 2.26. The maximum absolute atomic E-state index is 13.0. The fraction of sp³-hybridized carbons (Fsp3) is 0.182. The predicted molar refractivity (Wildman–Crippen MR) is 109 cm³/mol. The summed E-state index contributed by atoms with van der Waals surface area (Å²) in [7, 11) is -3.60. The van der Waals surface area contributed by atoms with Gasteiger partial charge in [-0.05, 0) is 35.7 Å². The fourth-order valence-corrected chi connectivity index (χ4v) is 4.81. The van der Waals surface area contributed by atoms with Crippen molar-refractivity contribution in [1.82, 2.24) is 9.29 Å². The molecule has 2 aromatic carbocycles. The Bertz CT molecular complexity index is 1140. The summed E-state index contributed by atoms with van der Waals surface area (Å²) >= 11 is 0. The molecule has 0 spiro atoms. The lowest BCUT2D eigenvalue weighted by Gasteiger charge is -2.17. The van der Waals surface area contributed by atoms with Crippen LogP contribution >= 0.6 is 0 Å². The minimum absolute atomic E-state index is 0.251. The number of hydrogen-bond donors (Lipinski definition) is 0. The summed E-state index contributed by atoms with van der Waals surface area (Å²) in [6.45, 7) is 0.632. The molecule has 0 amide bonds. The molecule has 0 N–H and O–H groups in total. The third-order valence-corrected chi connectivity index (χ3v) is 6.74. The van der Waals surface area contributed by atoms with Crippen molar-refractivity contribution >= 4 is 10.0 Å². The molecule has 0 saturated carbocycles. The molecule has 1 fully saturated rings. The van der Waals surface area contributed by atoms with Gasteiger partial charge in [0.2, 0.25) is 15.9 Å². The number of rotatable bonds is 5. The highest BCUT2D eigenvalue weighted by molar-refractivity contribution is 7.89. The first-order valence-corrected chi connectivity index (χ1v) is 10.7. The van der Waals surface area contributed by atoms with E-state index in [1.807, 2.05) is 48.5 Å². The van der Waals surface area contributed by atoms with E-state index in [9.17, 15) is 8.42 Å². The third kappa shape index (κ3) is 4.14. The van der Waals surface area contributed by atoms with Crippen molar-refractivity contribution in [2.24, 2.45) is 0 Å². The Balaban J connectivity index is 1.46. The molecule has 6 nitrogen and oxygen atoms in total. The van der Waals surface area contributed by atoms with Gasteiger partial charge >= 0.3 is 0 Å². The molecule has 3 aromatic rings. The zero-order chi connectivity index (χ0) is 20.3. The molecule has 1 saturated heterocycles. The summed E-state index contributed by atoms with van der Waals surface area (Å²) in [5.41, 5.74) is 2.46. The average molecular weight is 405 g/mol. The van der Waals surface area contributed by atoms with Gasteiger partial charge in [-0.3, -0.25) is 0 Å². The first-order valence-electron chi connectivity index (χ1n) is 9.25. The molecule has 1 unspecified atom stereocenters. The molecule has 0 aliphatic carbocycles. The van der Waals surface area contributed by atoms with Crippen molar-refractivity contribution < 1.29 is 13.2 Å². The summed E-state index contributed by atoms with van der Waals surface area (Å²) in [5, 5.41) is 8.97. The van der Waals surface area contributed by atoms with Gasteiger partial charge in [-0.2, -0.15) is 9.57 Å². The Kier molecular flexibility index (Phi) is 5.30. The largest absolute Gasteiger partial charge is 0.473 e. The van der Waals surface area contributed by atoms with E-state index in [1.165, 1.54) is 10.5 Å². The Hall–Kier alpha value is -3.21. The number of benzene rings is 2. The minimum Gasteiger partial charge on any atom is -0.473 e. The molecule has 29 heavy (non-hydrogen) atoms. The third-order valence-electron chi connectivity index (χ3n) is 4.86. The average Bonchev–Trinajstić information content (AvgIpc) is 3.24. The molecule has 1 aliphatic heterocycles. The van der Waals surface area contributed by atoms with Crippen molar-refractivity contribution in [2.75, 3.05) is 13.1 Å². The number of sulfonamides is 1. The van der Waals surface area contributed by atoms with Gasteiger partial charge in [-0.1, -0.05) is 42.5 Å². The van der Waals surface area contributed by atoms with Crippen molar-refractivity contribution in [3.63, 3.8) is 0 Å². The van der Waals surface area contributed by atoms with E-state index in [0.717, 1.165) is 11.1 Å². The molecule has 1 aromatic heterocycles. The standard InChI is InChI=1S/C22H19N3O3S/c23-15-17-10-12-24-22(14-17)28-20-11-13-25(16-20)29(26,27)21-8-6-19(7-9-21)18-4-2-1-3-5-18/h1-10,12,14,20H,11,13,16H2. The van der Waals surface area contributed by atoms with Gasteiger partial charge in [0.25, 0.3) is 0 Å². The lowest BCUT2D eigenvalue weighted by molar-refractivity contribution is 0.207. The van der Waals surface area contributed by atoms with E-state index in [4.69, 9.17) is 10.00 Å². The van der Waals surface area contributed by atoms with E-state index < -0.39 is 10.0 Å². The predicted octanol–water partition coefficient (Wildman–Crippen LogP) is 3.46. The Morgan fingerprint density at radius 3 is 2.48 bits per heavy atom. The van der Waals surface area contributed by atoms with Crippen LogP contribution in [0.5, 0.6) is 5.88 Å². The van der Waals surface area contributed by atoms with Crippen LogP contribution in [0.2, 0.25) is 0 Å². The summed E-state index contributed by atoms with van der Waals surface area (Å²) in [6, 6.07) is 21.9. The second-order valence-corrected chi connectivity index (χ2v) is 8.71. The van der Waals surface area contributed by atoms with Crippen LogP contribution < -0.4 is 4.74 Å². The van der Waals surface area contributed by atoms with E-state index >= 15 is 0 Å². The fourth-order valence-electron chi connectivity index (χ4n) is 3.33. The van der Waals surface area contributed by atoms with Gasteiger partial charge in [0.15, 0.2) is 0 Å².